The quantitative estimate of drug-likeness (QED) is 0.708. The van der Waals surface area contributed by atoms with Crippen LogP contribution in [0.15, 0.2) is 47.3 Å². The van der Waals surface area contributed by atoms with Gasteiger partial charge in [0, 0.05) is 50.1 Å². The molecular weight excluding hydrogens is 300 g/mol. The van der Waals surface area contributed by atoms with Crippen LogP contribution in [0.1, 0.15) is 30.1 Å². The highest BCUT2D eigenvalue weighted by Gasteiger charge is 2.11. The van der Waals surface area contributed by atoms with Gasteiger partial charge < -0.3 is 14.3 Å². The molecule has 0 saturated carbocycles. The van der Waals surface area contributed by atoms with Crippen molar-refractivity contribution in [3.63, 3.8) is 0 Å². The van der Waals surface area contributed by atoms with Crippen LogP contribution in [0.5, 0.6) is 0 Å². The van der Waals surface area contributed by atoms with Gasteiger partial charge in [-0.2, -0.15) is 0 Å². The van der Waals surface area contributed by atoms with Crippen molar-refractivity contribution in [1.29, 1.82) is 0 Å². The Hall–Kier alpha value is -2.40. The Labute approximate surface area is 141 Å². The molecule has 24 heavy (non-hydrogen) atoms. The van der Waals surface area contributed by atoms with E-state index >= 15 is 0 Å². The highest BCUT2D eigenvalue weighted by Crippen LogP contribution is 2.20. The lowest BCUT2D eigenvalue weighted by Crippen LogP contribution is -2.16. The number of rotatable bonds is 6. The lowest BCUT2D eigenvalue weighted by Gasteiger charge is -2.11. The van der Waals surface area contributed by atoms with E-state index in [4.69, 9.17) is 9.40 Å². The van der Waals surface area contributed by atoms with Crippen LogP contribution in [0.2, 0.25) is 0 Å². The fraction of sp³-hybridized carbons (Fsp3) is 0.368. The number of fused-ring (bicyclic) bond motifs is 1. The van der Waals surface area contributed by atoms with E-state index in [1.54, 1.807) is 6.20 Å². The average Bonchev–Trinajstić information content (AvgIpc) is 3.26. The molecule has 0 atom stereocenters. The standard InChI is InChI=1S/C19H22N4O/c1-2-11-23-14-16(22-19(23)5-1)8-10-21-13-17-6-7-18(24-17)15-4-3-9-20-12-15/h3-4,6-7,9,12,14,21H,1-2,5,8,10-11,13H2. The molecular formula is C19H22N4O. The zero-order valence-corrected chi connectivity index (χ0v) is 13.7. The summed E-state index contributed by atoms with van der Waals surface area (Å²) >= 11 is 0. The van der Waals surface area contributed by atoms with Crippen LogP contribution in [0.3, 0.4) is 0 Å². The summed E-state index contributed by atoms with van der Waals surface area (Å²) in [7, 11) is 0. The van der Waals surface area contributed by atoms with Crippen molar-refractivity contribution in [1.82, 2.24) is 19.9 Å². The number of aromatic nitrogens is 3. The van der Waals surface area contributed by atoms with Crippen LogP contribution in [0.4, 0.5) is 0 Å². The van der Waals surface area contributed by atoms with Gasteiger partial charge in [-0.1, -0.05) is 0 Å². The van der Waals surface area contributed by atoms with Gasteiger partial charge in [0.05, 0.1) is 12.2 Å². The van der Waals surface area contributed by atoms with Crippen LogP contribution in [-0.2, 0) is 25.9 Å². The Morgan fingerprint density at radius 1 is 1.21 bits per heavy atom. The minimum absolute atomic E-state index is 0.730. The highest BCUT2D eigenvalue weighted by molar-refractivity contribution is 5.55. The largest absolute Gasteiger partial charge is 0.460 e. The first-order valence-electron chi connectivity index (χ1n) is 8.63. The molecule has 4 heterocycles. The minimum Gasteiger partial charge on any atom is -0.460 e. The molecule has 0 bridgehead atoms. The molecule has 4 rings (SSSR count). The minimum atomic E-state index is 0.730. The average molecular weight is 322 g/mol. The van der Waals surface area contributed by atoms with Gasteiger partial charge in [-0.05, 0) is 37.1 Å². The van der Waals surface area contributed by atoms with Gasteiger partial charge >= 0.3 is 0 Å². The third kappa shape index (κ3) is 3.41. The molecule has 124 valence electrons. The van der Waals surface area contributed by atoms with Crippen molar-refractivity contribution in [3.05, 3.63) is 60.1 Å². The summed E-state index contributed by atoms with van der Waals surface area (Å²) in [6, 6.07) is 7.94. The van der Waals surface area contributed by atoms with Crippen molar-refractivity contribution in [2.75, 3.05) is 6.54 Å². The summed E-state index contributed by atoms with van der Waals surface area (Å²) in [6.07, 6.45) is 10.4. The molecule has 1 aliphatic heterocycles. The highest BCUT2D eigenvalue weighted by atomic mass is 16.3. The maximum Gasteiger partial charge on any atom is 0.135 e. The van der Waals surface area contributed by atoms with Gasteiger partial charge in [0.25, 0.3) is 0 Å². The Kier molecular flexibility index (Phi) is 4.42. The molecule has 0 aromatic carbocycles. The normalized spacial score (nSPS) is 13.8. The fourth-order valence-electron chi connectivity index (χ4n) is 3.16. The molecule has 1 N–H and O–H groups in total. The molecule has 0 radical (unpaired) electrons. The van der Waals surface area contributed by atoms with E-state index in [0.29, 0.717) is 0 Å². The van der Waals surface area contributed by atoms with E-state index in [1.807, 2.05) is 30.5 Å². The number of aryl methyl sites for hydroxylation is 2. The van der Waals surface area contributed by atoms with Crippen molar-refractivity contribution in [3.8, 4) is 11.3 Å². The molecule has 5 heteroatoms. The SMILES string of the molecule is c1cncc(-c2ccc(CNCCc3cn4c(n3)CCCC4)o2)c1. The van der Waals surface area contributed by atoms with Crippen LogP contribution in [0, 0.1) is 0 Å². The predicted octanol–water partition coefficient (Wildman–Crippen LogP) is 3.21. The summed E-state index contributed by atoms with van der Waals surface area (Å²) in [4.78, 5) is 8.85. The summed E-state index contributed by atoms with van der Waals surface area (Å²) < 4.78 is 8.18. The zero-order chi connectivity index (χ0) is 16.2. The maximum atomic E-state index is 5.87. The summed E-state index contributed by atoms with van der Waals surface area (Å²) in [6.45, 7) is 2.76. The number of nitrogens with zero attached hydrogens (tertiary/aromatic N) is 3. The zero-order valence-electron chi connectivity index (χ0n) is 13.7. The van der Waals surface area contributed by atoms with Gasteiger partial charge in [-0.25, -0.2) is 4.98 Å². The molecule has 5 nitrogen and oxygen atoms in total. The second kappa shape index (κ2) is 7.01. The smallest absolute Gasteiger partial charge is 0.135 e. The maximum absolute atomic E-state index is 5.87. The van der Waals surface area contributed by atoms with E-state index in [9.17, 15) is 0 Å². The van der Waals surface area contributed by atoms with E-state index < -0.39 is 0 Å². The van der Waals surface area contributed by atoms with Crippen LogP contribution >= 0.6 is 0 Å². The summed E-state index contributed by atoms with van der Waals surface area (Å²) in [5.74, 6) is 3.06. The van der Waals surface area contributed by atoms with Gasteiger partial charge in [0.1, 0.15) is 17.3 Å². The van der Waals surface area contributed by atoms with Crippen LogP contribution in [-0.4, -0.2) is 21.1 Å². The van der Waals surface area contributed by atoms with Crippen LogP contribution in [0.25, 0.3) is 11.3 Å². The lowest BCUT2D eigenvalue weighted by molar-refractivity contribution is 0.494. The first kappa shape index (κ1) is 15.1. The number of nitrogens with one attached hydrogen (secondary N) is 1. The molecule has 3 aromatic rings. The van der Waals surface area contributed by atoms with Crippen LogP contribution < -0.4 is 5.32 Å². The number of imidazole rings is 1. The Bertz CT molecular complexity index is 767. The molecule has 0 saturated heterocycles. The number of furan rings is 1. The first-order chi connectivity index (χ1) is 11.9. The van der Waals surface area contributed by atoms with E-state index in [2.05, 4.69) is 21.1 Å². The molecule has 0 fully saturated rings. The van der Waals surface area contributed by atoms with Gasteiger partial charge in [-0.3, -0.25) is 4.98 Å². The number of hydrogen-bond donors (Lipinski definition) is 1. The van der Waals surface area contributed by atoms with E-state index in [-0.39, 0.29) is 0 Å². The Balaban J connectivity index is 1.27. The molecule has 0 amide bonds. The van der Waals surface area contributed by atoms with Gasteiger partial charge in [-0.15, -0.1) is 0 Å². The van der Waals surface area contributed by atoms with Gasteiger partial charge in [0.15, 0.2) is 0 Å². The van der Waals surface area contributed by atoms with E-state index in [1.165, 1.54) is 24.4 Å². The van der Waals surface area contributed by atoms with Crippen molar-refractivity contribution in [2.45, 2.75) is 38.8 Å². The first-order valence-corrected chi connectivity index (χ1v) is 8.63. The number of pyridine rings is 1. The molecule has 0 spiro atoms. The lowest BCUT2D eigenvalue weighted by atomic mass is 10.2. The topological polar surface area (TPSA) is 55.9 Å². The van der Waals surface area contributed by atoms with Crippen molar-refractivity contribution in [2.24, 2.45) is 0 Å². The third-order valence-corrected chi connectivity index (χ3v) is 4.42. The molecule has 0 aliphatic carbocycles. The van der Waals surface area contributed by atoms with Crippen molar-refractivity contribution < 1.29 is 4.42 Å². The van der Waals surface area contributed by atoms with Crippen molar-refractivity contribution >= 4 is 0 Å². The Morgan fingerprint density at radius 2 is 2.21 bits per heavy atom. The van der Waals surface area contributed by atoms with Gasteiger partial charge in [0.2, 0.25) is 0 Å². The second-order valence-corrected chi connectivity index (χ2v) is 6.23. The Morgan fingerprint density at radius 3 is 3.08 bits per heavy atom. The molecule has 0 unspecified atom stereocenters. The monoisotopic (exact) mass is 322 g/mol. The fourth-order valence-corrected chi connectivity index (χ4v) is 3.16. The summed E-state index contributed by atoms with van der Waals surface area (Å²) in [5, 5.41) is 3.44. The predicted molar refractivity (Wildman–Crippen MR) is 92.5 cm³/mol. The summed E-state index contributed by atoms with van der Waals surface area (Å²) in [5.41, 5.74) is 2.20. The number of hydrogen-bond acceptors (Lipinski definition) is 4. The second-order valence-electron chi connectivity index (χ2n) is 6.23. The molecule has 1 aliphatic rings. The van der Waals surface area contributed by atoms with E-state index in [0.717, 1.165) is 49.6 Å². The molecule has 3 aromatic heterocycles. The third-order valence-electron chi connectivity index (χ3n) is 4.42.